The normalized spacial score (nSPS) is 25.7. The van der Waals surface area contributed by atoms with Crippen LogP contribution in [-0.4, -0.2) is 60.6 Å². The molecule has 1 aromatic carbocycles. The minimum Gasteiger partial charge on any atom is -0.490 e. The van der Waals surface area contributed by atoms with Gasteiger partial charge in [0.2, 0.25) is 0 Å². The molecule has 1 aliphatic carbocycles. The number of benzene rings is 1. The summed E-state index contributed by atoms with van der Waals surface area (Å²) in [6.07, 6.45) is 13.3. The topological polar surface area (TPSA) is 34.2 Å². The fourth-order valence-corrected chi connectivity index (χ4v) is 6.10. The molecule has 3 heterocycles. The van der Waals surface area contributed by atoms with Crippen LogP contribution >= 0.6 is 0 Å². The first kappa shape index (κ1) is 22.8. The van der Waals surface area contributed by atoms with Crippen LogP contribution in [0.2, 0.25) is 0 Å². The van der Waals surface area contributed by atoms with E-state index in [9.17, 15) is 0 Å². The van der Waals surface area contributed by atoms with Gasteiger partial charge in [0.1, 0.15) is 12.4 Å². The van der Waals surface area contributed by atoms with Gasteiger partial charge >= 0.3 is 0 Å². The van der Waals surface area contributed by atoms with E-state index in [1.165, 1.54) is 23.3 Å². The molecule has 5 heteroatoms. The van der Waals surface area contributed by atoms with Crippen LogP contribution < -0.4 is 4.74 Å². The van der Waals surface area contributed by atoms with Crippen molar-refractivity contribution in [3.63, 3.8) is 0 Å². The lowest BCUT2D eigenvalue weighted by Gasteiger charge is -2.49. The van der Waals surface area contributed by atoms with Crippen LogP contribution in [-0.2, 0) is 15.9 Å². The summed E-state index contributed by atoms with van der Waals surface area (Å²) in [5.74, 6) is 0.612. The lowest BCUT2D eigenvalue weighted by molar-refractivity contribution is -0.250. The predicted molar refractivity (Wildman–Crippen MR) is 131 cm³/mol. The summed E-state index contributed by atoms with van der Waals surface area (Å²) >= 11 is 0. The maximum absolute atomic E-state index is 6.26. The molecule has 4 aliphatic rings. The second-order valence-corrected chi connectivity index (χ2v) is 10.7. The number of allylic oxidation sites excluding steroid dienone is 2. The highest BCUT2D eigenvalue weighted by Gasteiger charge is 2.54. The summed E-state index contributed by atoms with van der Waals surface area (Å²) in [7, 11) is 2.25. The third-order valence-electron chi connectivity index (χ3n) is 8.12. The summed E-state index contributed by atoms with van der Waals surface area (Å²) in [6.45, 7) is 7.66. The number of likely N-dealkylation sites (N-methyl/N-ethyl adjacent to an activating group) is 1. The smallest absolute Gasteiger partial charge is 0.168 e. The Morgan fingerprint density at radius 1 is 1.06 bits per heavy atom. The van der Waals surface area contributed by atoms with E-state index >= 15 is 0 Å². The largest absolute Gasteiger partial charge is 0.490 e. The van der Waals surface area contributed by atoms with E-state index in [0.717, 1.165) is 70.5 Å². The molecule has 3 aliphatic heterocycles. The molecule has 5 rings (SSSR count). The van der Waals surface area contributed by atoms with Crippen LogP contribution in [0.3, 0.4) is 0 Å². The van der Waals surface area contributed by atoms with Gasteiger partial charge in [-0.15, -0.1) is 0 Å². The monoisotopic (exact) mass is 452 g/mol. The maximum atomic E-state index is 6.26. The van der Waals surface area contributed by atoms with Crippen molar-refractivity contribution in [2.24, 2.45) is 0 Å². The Morgan fingerprint density at radius 2 is 1.76 bits per heavy atom. The Labute approximate surface area is 199 Å². The van der Waals surface area contributed by atoms with Crippen LogP contribution in [0, 0.1) is 0 Å². The predicted octanol–water partition coefficient (Wildman–Crippen LogP) is 5.27. The van der Waals surface area contributed by atoms with Gasteiger partial charge in [0.25, 0.3) is 0 Å². The van der Waals surface area contributed by atoms with Crippen molar-refractivity contribution in [1.29, 1.82) is 0 Å². The van der Waals surface area contributed by atoms with Crippen LogP contribution in [0.15, 0.2) is 47.8 Å². The van der Waals surface area contributed by atoms with Crippen molar-refractivity contribution in [3.05, 3.63) is 53.4 Å². The standard InChI is InChI=1S/C28H40N2O3/c1-22(2)10-17-31-26-8-6-23(7-9-26)18-24-20-29(3)25-19-27(30(24)21-25)11-13-28(14-12-27)32-15-4-5-16-33-28/h6-10,20,25H,4-5,11-19,21H2,1-3H3/t25-/m1/s1. The fraction of sp³-hybridized carbons (Fsp3) is 0.643. The van der Waals surface area contributed by atoms with Crippen molar-refractivity contribution in [3.8, 4) is 5.75 Å². The van der Waals surface area contributed by atoms with E-state index < -0.39 is 0 Å². The third-order valence-corrected chi connectivity index (χ3v) is 8.12. The van der Waals surface area contributed by atoms with Gasteiger partial charge in [-0.2, -0.15) is 0 Å². The van der Waals surface area contributed by atoms with Crippen LogP contribution in [0.5, 0.6) is 5.75 Å². The minimum atomic E-state index is -0.323. The number of rotatable bonds is 5. The Kier molecular flexibility index (Phi) is 6.45. The number of fused-ring (bicyclic) bond motifs is 3. The summed E-state index contributed by atoms with van der Waals surface area (Å²) in [4.78, 5) is 5.21. The molecule has 0 aromatic heterocycles. The van der Waals surface area contributed by atoms with Gasteiger partial charge in [-0.05, 0) is 69.7 Å². The molecule has 2 bridgehead atoms. The SMILES string of the molecule is CC(C)=CCOc1ccc(CC2=CN(C)[C@H]3CN2C2(CCC4(CC2)OCCCCO4)C3)cc1. The van der Waals surface area contributed by atoms with Crippen molar-refractivity contribution in [2.75, 3.05) is 33.4 Å². The molecule has 1 saturated carbocycles. The van der Waals surface area contributed by atoms with Gasteiger partial charge < -0.3 is 24.0 Å². The number of nitrogens with zero attached hydrogens (tertiary/aromatic N) is 2. The highest BCUT2D eigenvalue weighted by Crippen LogP contribution is 2.50. The lowest BCUT2D eigenvalue weighted by atomic mass is 9.76. The zero-order valence-electron chi connectivity index (χ0n) is 20.6. The zero-order valence-corrected chi connectivity index (χ0v) is 20.6. The Bertz CT molecular complexity index is 869. The molecule has 3 fully saturated rings. The van der Waals surface area contributed by atoms with E-state index in [1.54, 1.807) is 0 Å². The molecule has 1 aromatic rings. The molecule has 2 saturated heterocycles. The van der Waals surface area contributed by atoms with Gasteiger partial charge in [0, 0.05) is 56.3 Å². The quantitative estimate of drug-likeness (QED) is 0.569. The number of hydrogen-bond donors (Lipinski definition) is 0. The van der Waals surface area contributed by atoms with Gasteiger partial charge in [0.15, 0.2) is 5.79 Å². The van der Waals surface area contributed by atoms with E-state index in [4.69, 9.17) is 14.2 Å². The maximum Gasteiger partial charge on any atom is 0.168 e. The first-order valence-corrected chi connectivity index (χ1v) is 12.8. The highest BCUT2D eigenvalue weighted by atomic mass is 16.7. The van der Waals surface area contributed by atoms with Crippen molar-refractivity contribution >= 4 is 0 Å². The zero-order chi connectivity index (χ0) is 22.9. The van der Waals surface area contributed by atoms with E-state index in [2.05, 4.69) is 67.2 Å². The number of hydrogen-bond acceptors (Lipinski definition) is 5. The molecule has 0 N–H and O–H groups in total. The summed E-state index contributed by atoms with van der Waals surface area (Å²) in [5.41, 5.74) is 4.32. The minimum absolute atomic E-state index is 0.249. The third kappa shape index (κ3) is 4.81. The Hall–Kier alpha value is -1.98. The van der Waals surface area contributed by atoms with Crippen molar-refractivity contribution in [2.45, 2.75) is 82.6 Å². The van der Waals surface area contributed by atoms with Crippen molar-refractivity contribution < 1.29 is 14.2 Å². The second-order valence-electron chi connectivity index (χ2n) is 10.7. The van der Waals surface area contributed by atoms with Crippen LogP contribution in [0.1, 0.15) is 64.4 Å². The van der Waals surface area contributed by atoms with Gasteiger partial charge in [0.05, 0.1) is 13.2 Å². The fourth-order valence-electron chi connectivity index (χ4n) is 6.10. The van der Waals surface area contributed by atoms with E-state index in [1.807, 2.05) is 0 Å². The molecule has 33 heavy (non-hydrogen) atoms. The van der Waals surface area contributed by atoms with Gasteiger partial charge in [-0.25, -0.2) is 0 Å². The van der Waals surface area contributed by atoms with Gasteiger partial charge in [-0.3, -0.25) is 0 Å². The van der Waals surface area contributed by atoms with E-state index in [-0.39, 0.29) is 11.3 Å². The molecular weight excluding hydrogens is 412 g/mol. The Morgan fingerprint density at radius 3 is 2.42 bits per heavy atom. The summed E-state index contributed by atoms with van der Waals surface area (Å²) in [6, 6.07) is 9.27. The molecule has 0 radical (unpaired) electrons. The van der Waals surface area contributed by atoms with Crippen LogP contribution in [0.25, 0.3) is 0 Å². The highest BCUT2D eigenvalue weighted by molar-refractivity contribution is 5.32. The number of ether oxygens (including phenoxy) is 3. The molecule has 5 nitrogen and oxygen atoms in total. The summed E-state index contributed by atoms with van der Waals surface area (Å²) in [5, 5.41) is 0. The first-order chi connectivity index (χ1) is 16.0. The lowest BCUT2D eigenvalue weighted by Crippen LogP contribution is -2.52. The molecule has 0 unspecified atom stereocenters. The molecule has 1 atom stereocenters. The molecule has 2 spiro atoms. The molecule has 180 valence electrons. The Balaban J connectivity index is 1.27. The average molecular weight is 453 g/mol. The van der Waals surface area contributed by atoms with Gasteiger partial charge in [-0.1, -0.05) is 17.7 Å². The van der Waals surface area contributed by atoms with Crippen LogP contribution in [0.4, 0.5) is 0 Å². The van der Waals surface area contributed by atoms with Crippen molar-refractivity contribution in [1.82, 2.24) is 9.80 Å². The molecular formula is C28H40N2O3. The molecule has 0 amide bonds. The second kappa shape index (κ2) is 9.34. The summed E-state index contributed by atoms with van der Waals surface area (Å²) < 4.78 is 18.4. The first-order valence-electron chi connectivity index (χ1n) is 12.8. The van der Waals surface area contributed by atoms with E-state index in [0.29, 0.717) is 12.6 Å². The average Bonchev–Trinajstić information content (AvgIpc) is 2.95.